The summed E-state index contributed by atoms with van der Waals surface area (Å²) in [6.45, 7) is 1.09. The number of halogens is 2. The van der Waals surface area contributed by atoms with E-state index in [1.54, 1.807) is 39.3 Å². The van der Waals surface area contributed by atoms with E-state index in [2.05, 4.69) is 0 Å². The van der Waals surface area contributed by atoms with Crippen molar-refractivity contribution >= 4 is 34.2 Å². The minimum atomic E-state index is -0.503. The molecule has 0 saturated carbocycles. The second-order valence-electron chi connectivity index (χ2n) is 7.52. The molecule has 1 saturated heterocycles. The molecule has 29 heavy (non-hydrogen) atoms. The van der Waals surface area contributed by atoms with Crippen LogP contribution in [0.2, 0.25) is 5.02 Å². The molecular formula is C21H22ClFN4O2. The summed E-state index contributed by atoms with van der Waals surface area (Å²) in [7, 11) is 1.73. The Morgan fingerprint density at radius 2 is 2.03 bits per heavy atom. The number of carbonyl (C=O) groups excluding carboxylic acids is 1. The second kappa shape index (κ2) is 7.55. The summed E-state index contributed by atoms with van der Waals surface area (Å²) in [4.78, 5) is 27.5. The number of nitrogen functional groups attached to an aromatic ring is 1. The number of carbonyl (C=O) groups is 1. The van der Waals surface area contributed by atoms with Crippen LogP contribution in [0.1, 0.15) is 24.4 Å². The maximum atomic E-state index is 13.4. The number of piperidine rings is 1. The molecule has 4 rings (SSSR count). The minimum absolute atomic E-state index is 0.00778. The summed E-state index contributed by atoms with van der Waals surface area (Å²) < 4.78 is 16.7. The fraction of sp³-hybridized carbons (Fsp3) is 0.333. The highest BCUT2D eigenvalue weighted by Crippen LogP contribution is 2.26. The molecule has 6 nitrogen and oxygen atoms in total. The van der Waals surface area contributed by atoms with Crippen LogP contribution in [0, 0.1) is 5.82 Å². The van der Waals surface area contributed by atoms with Crippen molar-refractivity contribution in [1.82, 2.24) is 14.0 Å². The Labute approximate surface area is 172 Å². The van der Waals surface area contributed by atoms with Gasteiger partial charge in [0.25, 0.3) is 0 Å². The lowest BCUT2D eigenvalue weighted by Crippen LogP contribution is -2.43. The normalized spacial score (nSPS) is 17.1. The molecule has 0 radical (unpaired) electrons. The summed E-state index contributed by atoms with van der Waals surface area (Å²) in [6, 6.07) is 9.64. The number of fused-ring (bicyclic) bond motifs is 1. The molecular weight excluding hydrogens is 395 g/mol. The van der Waals surface area contributed by atoms with Gasteiger partial charge in [-0.15, -0.1) is 0 Å². The first-order valence-corrected chi connectivity index (χ1v) is 9.91. The number of aromatic nitrogens is 2. The van der Waals surface area contributed by atoms with E-state index in [9.17, 15) is 14.0 Å². The smallest absolute Gasteiger partial charge is 0.329 e. The highest BCUT2D eigenvalue weighted by molar-refractivity contribution is 6.30. The number of rotatable bonds is 3. The van der Waals surface area contributed by atoms with Gasteiger partial charge >= 0.3 is 5.69 Å². The van der Waals surface area contributed by atoms with Crippen LogP contribution >= 0.6 is 11.6 Å². The van der Waals surface area contributed by atoms with E-state index < -0.39 is 5.82 Å². The number of benzene rings is 2. The van der Waals surface area contributed by atoms with Gasteiger partial charge in [-0.25, -0.2) is 9.18 Å². The monoisotopic (exact) mass is 416 g/mol. The second-order valence-corrected chi connectivity index (χ2v) is 7.93. The van der Waals surface area contributed by atoms with Gasteiger partial charge in [-0.05, 0) is 48.7 Å². The van der Waals surface area contributed by atoms with Gasteiger partial charge in [0.05, 0.1) is 28.5 Å². The number of likely N-dealkylation sites (tertiary alicyclic amines) is 1. The van der Waals surface area contributed by atoms with Gasteiger partial charge in [0.15, 0.2) is 0 Å². The number of aryl methyl sites for hydroxylation is 1. The van der Waals surface area contributed by atoms with Crippen molar-refractivity contribution in [2.45, 2.75) is 25.3 Å². The fourth-order valence-corrected chi connectivity index (χ4v) is 4.26. The number of nitrogens with two attached hydrogens (primary N) is 1. The summed E-state index contributed by atoms with van der Waals surface area (Å²) in [5, 5.41) is 0.00778. The summed E-state index contributed by atoms with van der Waals surface area (Å²) >= 11 is 5.82. The zero-order valence-electron chi connectivity index (χ0n) is 16.1. The molecule has 2 N–H and O–H groups in total. The maximum absolute atomic E-state index is 13.4. The van der Waals surface area contributed by atoms with Crippen molar-refractivity contribution in [1.29, 1.82) is 0 Å². The third-order valence-electron chi connectivity index (χ3n) is 5.57. The van der Waals surface area contributed by atoms with Crippen LogP contribution in [0.4, 0.5) is 10.1 Å². The molecule has 152 valence electrons. The molecule has 1 atom stereocenters. The molecule has 8 heteroatoms. The molecule has 0 bridgehead atoms. The number of imidazole rings is 1. The fourth-order valence-electron chi connectivity index (χ4n) is 4.06. The molecule has 1 aliphatic heterocycles. The van der Waals surface area contributed by atoms with Crippen LogP contribution in [0.5, 0.6) is 0 Å². The van der Waals surface area contributed by atoms with Crippen LogP contribution in [-0.2, 0) is 18.3 Å². The van der Waals surface area contributed by atoms with Crippen molar-refractivity contribution < 1.29 is 9.18 Å². The van der Waals surface area contributed by atoms with Gasteiger partial charge in [0, 0.05) is 25.8 Å². The topological polar surface area (TPSA) is 73.3 Å². The van der Waals surface area contributed by atoms with Crippen molar-refractivity contribution in [3.63, 3.8) is 0 Å². The third kappa shape index (κ3) is 3.62. The first-order chi connectivity index (χ1) is 13.8. The van der Waals surface area contributed by atoms with E-state index in [0.717, 1.165) is 23.9 Å². The Morgan fingerprint density at radius 3 is 2.79 bits per heavy atom. The van der Waals surface area contributed by atoms with Crippen LogP contribution < -0.4 is 11.4 Å². The largest absolute Gasteiger partial charge is 0.399 e. The highest BCUT2D eigenvalue weighted by Gasteiger charge is 2.28. The SMILES string of the molecule is Cn1c(=O)n([C@H]2CCCN(C(=O)Cc3ccc(F)c(Cl)c3)C2)c2ccc(N)cc21. The van der Waals surface area contributed by atoms with Crippen LogP contribution in [-0.4, -0.2) is 33.0 Å². The van der Waals surface area contributed by atoms with Crippen LogP contribution in [0.3, 0.4) is 0 Å². The van der Waals surface area contributed by atoms with E-state index in [4.69, 9.17) is 17.3 Å². The zero-order chi connectivity index (χ0) is 20.7. The first kappa shape index (κ1) is 19.5. The standard InChI is InChI=1S/C21H22ClFN4O2/c1-25-19-11-14(24)5-7-18(19)27(21(25)29)15-3-2-8-26(12-15)20(28)10-13-4-6-17(23)16(22)9-13/h4-7,9,11,15H,2-3,8,10,12,24H2,1H3/t15-/m0/s1. The van der Waals surface area contributed by atoms with E-state index >= 15 is 0 Å². The molecule has 1 aromatic heterocycles. The first-order valence-electron chi connectivity index (χ1n) is 9.53. The number of hydrogen-bond donors (Lipinski definition) is 1. The van der Waals surface area contributed by atoms with E-state index in [-0.39, 0.29) is 29.1 Å². The van der Waals surface area contributed by atoms with Gasteiger partial charge in [-0.3, -0.25) is 13.9 Å². The lowest BCUT2D eigenvalue weighted by molar-refractivity contribution is -0.132. The Bertz CT molecular complexity index is 1150. The molecule has 1 aliphatic rings. The van der Waals surface area contributed by atoms with Gasteiger partial charge in [-0.2, -0.15) is 0 Å². The van der Waals surface area contributed by atoms with Crippen molar-refractivity contribution in [2.75, 3.05) is 18.8 Å². The molecule has 2 aromatic carbocycles. The molecule has 0 aliphatic carbocycles. The van der Waals surface area contributed by atoms with E-state index in [0.29, 0.717) is 24.3 Å². The average molecular weight is 417 g/mol. The maximum Gasteiger partial charge on any atom is 0.329 e. The van der Waals surface area contributed by atoms with Gasteiger partial charge in [0.1, 0.15) is 5.82 Å². The number of hydrogen-bond acceptors (Lipinski definition) is 3. The lowest BCUT2D eigenvalue weighted by atomic mass is 10.0. The number of anilines is 1. The Kier molecular flexibility index (Phi) is 5.08. The zero-order valence-corrected chi connectivity index (χ0v) is 16.8. The number of amides is 1. The molecule has 2 heterocycles. The van der Waals surface area contributed by atoms with Crippen molar-refractivity contribution in [3.05, 3.63) is 63.3 Å². The molecule has 1 amide bonds. The third-order valence-corrected chi connectivity index (χ3v) is 5.86. The molecule has 1 fully saturated rings. The minimum Gasteiger partial charge on any atom is -0.399 e. The van der Waals surface area contributed by atoms with Crippen LogP contribution in [0.15, 0.2) is 41.2 Å². The van der Waals surface area contributed by atoms with Gasteiger partial charge < -0.3 is 10.6 Å². The predicted octanol–water partition coefficient (Wildman–Crippen LogP) is 3.12. The molecule has 0 unspecified atom stereocenters. The average Bonchev–Trinajstić information content (AvgIpc) is 2.95. The summed E-state index contributed by atoms with van der Waals surface area (Å²) in [6.07, 6.45) is 1.77. The molecule has 0 spiro atoms. The summed E-state index contributed by atoms with van der Waals surface area (Å²) in [5.41, 5.74) is 8.62. The number of nitrogens with zero attached hydrogens (tertiary/aromatic N) is 3. The summed E-state index contributed by atoms with van der Waals surface area (Å²) in [5.74, 6) is -0.563. The van der Waals surface area contributed by atoms with Gasteiger partial charge in [-0.1, -0.05) is 17.7 Å². The Balaban J connectivity index is 1.58. The lowest BCUT2D eigenvalue weighted by Gasteiger charge is -2.33. The Morgan fingerprint density at radius 1 is 1.24 bits per heavy atom. The quantitative estimate of drug-likeness (QED) is 0.667. The van der Waals surface area contributed by atoms with Crippen molar-refractivity contribution in [2.24, 2.45) is 7.05 Å². The van der Waals surface area contributed by atoms with Gasteiger partial charge in [0.2, 0.25) is 5.91 Å². The van der Waals surface area contributed by atoms with E-state index in [1.807, 2.05) is 6.07 Å². The van der Waals surface area contributed by atoms with E-state index in [1.165, 1.54) is 12.1 Å². The Hall–Kier alpha value is -2.80. The molecule has 3 aromatic rings. The van der Waals surface area contributed by atoms with Crippen LogP contribution in [0.25, 0.3) is 11.0 Å². The highest BCUT2D eigenvalue weighted by atomic mass is 35.5. The van der Waals surface area contributed by atoms with Crippen molar-refractivity contribution in [3.8, 4) is 0 Å². The predicted molar refractivity (Wildman–Crippen MR) is 112 cm³/mol.